The zero-order valence-corrected chi connectivity index (χ0v) is 21.7. The number of hydrogen-bond donors (Lipinski definition) is 1. The van der Waals surface area contributed by atoms with Crippen LogP contribution in [0.2, 0.25) is 0 Å². The van der Waals surface area contributed by atoms with E-state index >= 15 is 0 Å². The van der Waals surface area contributed by atoms with Crippen molar-refractivity contribution in [3.05, 3.63) is 6.20 Å². The van der Waals surface area contributed by atoms with Gasteiger partial charge < -0.3 is 14.7 Å². The third kappa shape index (κ3) is 5.72. The molecule has 2 aliphatic heterocycles. The SMILES string of the molecule is CC(=O)N1CCC(N(C(=O)Nc2ncc(S(=O)(=O)N3CCN(C)CC3)s2)C2CCCCC2)CC1. The number of likely N-dealkylation sites (N-methyl/N-ethyl adjacent to an activating group) is 1. The van der Waals surface area contributed by atoms with Gasteiger partial charge in [0.25, 0.3) is 10.0 Å². The van der Waals surface area contributed by atoms with Crippen molar-refractivity contribution < 1.29 is 18.0 Å². The van der Waals surface area contributed by atoms with E-state index in [0.717, 1.165) is 49.9 Å². The van der Waals surface area contributed by atoms with Crippen LogP contribution in [0.5, 0.6) is 0 Å². The van der Waals surface area contributed by atoms with Crippen LogP contribution in [0.4, 0.5) is 9.93 Å². The van der Waals surface area contributed by atoms with Gasteiger partial charge in [-0.2, -0.15) is 4.31 Å². The van der Waals surface area contributed by atoms with Gasteiger partial charge in [-0.05, 0) is 32.7 Å². The van der Waals surface area contributed by atoms with Crippen LogP contribution < -0.4 is 5.32 Å². The van der Waals surface area contributed by atoms with Crippen molar-refractivity contribution in [1.29, 1.82) is 0 Å². The molecule has 0 bridgehead atoms. The third-order valence-corrected chi connectivity index (χ3v) is 10.5. The number of nitrogens with one attached hydrogen (secondary N) is 1. The fraction of sp³-hybridized carbons (Fsp3) is 0.773. The lowest BCUT2D eigenvalue weighted by atomic mass is 9.91. The van der Waals surface area contributed by atoms with Crippen LogP contribution in [-0.4, -0.2) is 103 Å². The molecule has 190 valence electrons. The molecule has 3 heterocycles. The molecule has 4 rings (SSSR count). The van der Waals surface area contributed by atoms with Crippen molar-refractivity contribution in [2.75, 3.05) is 51.6 Å². The highest BCUT2D eigenvalue weighted by Crippen LogP contribution is 2.31. The number of urea groups is 1. The molecule has 3 fully saturated rings. The van der Waals surface area contributed by atoms with Crippen molar-refractivity contribution in [3.63, 3.8) is 0 Å². The highest BCUT2D eigenvalue weighted by molar-refractivity contribution is 7.91. The fourth-order valence-corrected chi connectivity index (χ4v) is 7.79. The van der Waals surface area contributed by atoms with E-state index in [-0.39, 0.29) is 28.2 Å². The number of amides is 3. The van der Waals surface area contributed by atoms with Crippen LogP contribution in [0.1, 0.15) is 51.9 Å². The summed E-state index contributed by atoms with van der Waals surface area (Å²) in [6, 6.07) is 0.00871. The molecule has 1 aliphatic carbocycles. The number of piperazine rings is 1. The first-order valence-electron chi connectivity index (χ1n) is 12.2. The maximum atomic E-state index is 13.5. The molecule has 0 unspecified atom stereocenters. The van der Waals surface area contributed by atoms with E-state index in [0.29, 0.717) is 44.4 Å². The summed E-state index contributed by atoms with van der Waals surface area (Å²) in [6.07, 6.45) is 8.20. The fourth-order valence-electron chi connectivity index (χ4n) is 5.20. The van der Waals surface area contributed by atoms with E-state index in [1.807, 2.05) is 16.8 Å². The number of carbonyl (C=O) groups is 2. The van der Waals surface area contributed by atoms with Gasteiger partial charge in [0.05, 0.1) is 6.20 Å². The van der Waals surface area contributed by atoms with Crippen molar-refractivity contribution in [3.8, 4) is 0 Å². The molecule has 3 amide bonds. The normalized spacial score (nSPS) is 22.0. The summed E-state index contributed by atoms with van der Waals surface area (Å²) < 4.78 is 27.7. The smallest absolute Gasteiger partial charge is 0.324 e. The summed E-state index contributed by atoms with van der Waals surface area (Å²) in [4.78, 5) is 35.3. The van der Waals surface area contributed by atoms with Crippen LogP contribution in [0.25, 0.3) is 0 Å². The molecule has 1 saturated carbocycles. The van der Waals surface area contributed by atoms with E-state index in [2.05, 4.69) is 15.2 Å². The average Bonchev–Trinajstić information content (AvgIpc) is 3.30. The van der Waals surface area contributed by atoms with Crippen LogP contribution in [0, 0.1) is 0 Å². The van der Waals surface area contributed by atoms with E-state index in [9.17, 15) is 18.0 Å². The quantitative estimate of drug-likeness (QED) is 0.649. The zero-order valence-electron chi connectivity index (χ0n) is 20.1. The Labute approximate surface area is 206 Å². The number of sulfonamides is 1. The first-order valence-corrected chi connectivity index (χ1v) is 14.5. The summed E-state index contributed by atoms with van der Waals surface area (Å²) >= 11 is 1.01. The molecule has 1 aromatic rings. The van der Waals surface area contributed by atoms with Crippen LogP contribution in [0.15, 0.2) is 10.4 Å². The number of piperidine rings is 1. The van der Waals surface area contributed by atoms with Gasteiger partial charge in [0, 0.05) is 58.3 Å². The predicted octanol–water partition coefficient (Wildman–Crippen LogP) is 2.26. The lowest BCUT2D eigenvalue weighted by molar-refractivity contribution is -0.130. The van der Waals surface area contributed by atoms with E-state index in [1.54, 1.807) is 6.92 Å². The van der Waals surface area contributed by atoms with Crippen molar-refractivity contribution in [2.45, 2.75) is 68.2 Å². The highest BCUT2D eigenvalue weighted by Gasteiger charge is 2.35. The minimum atomic E-state index is -3.62. The van der Waals surface area contributed by atoms with Gasteiger partial charge in [0.1, 0.15) is 0 Å². The van der Waals surface area contributed by atoms with Gasteiger partial charge in [0.15, 0.2) is 9.34 Å². The Kier molecular flexibility index (Phi) is 8.11. The molecule has 10 nitrogen and oxygen atoms in total. The first-order chi connectivity index (χ1) is 16.3. The Morgan fingerprint density at radius 2 is 1.62 bits per heavy atom. The molecule has 0 spiro atoms. The van der Waals surface area contributed by atoms with Crippen LogP contribution in [0.3, 0.4) is 0 Å². The summed E-state index contributed by atoms with van der Waals surface area (Å²) in [5.41, 5.74) is 0. The Morgan fingerprint density at radius 1 is 1.00 bits per heavy atom. The van der Waals surface area contributed by atoms with Gasteiger partial charge in [-0.25, -0.2) is 18.2 Å². The van der Waals surface area contributed by atoms with E-state index < -0.39 is 10.0 Å². The maximum absolute atomic E-state index is 13.5. The van der Waals surface area contributed by atoms with Gasteiger partial charge in [-0.1, -0.05) is 30.6 Å². The molecule has 0 aromatic carbocycles. The molecule has 12 heteroatoms. The summed E-state index contributed by atoms with van der Waals surface area (Å²) in [7, 11) is -1.64. The molecule has 0 radical (unpaired) electrons. The second kappa shape index (κ2) is 10.9. The number of carbonyl (C=O) groups excluding carboxylic acids is 2. The average molecular weight is 513 g/mol. The number of rotatable bonds is 5. The molecule has 2 saturated heterocycles. The maximum Gasteiger partial charge on any atom is 0.324 e. The Hall–Kier alpha value is -1.76. The minimum absolute atomic E-state index is 0.0622. The topological polar surface area (TPSA) is 106 Å². The number of aromatic nitrogens is 1. The second-order valence-electron chi connectivity index (χ2n) is 9.56. The van der Waals surface area contributed by atoms with Gasteiger partial charge in [-0.3, -0.25) is 10.1 Å². The van der Waals surface area contributed by atoms with Crippen LogP contribution >= 0.6 is 11.3 Å². The molecular formula is C22H36N6O4S2. The van der Waals surface area contributed by atoms with Crippen LogP contribution in [-0.2, 0) is 14.8 Å². The summed E-state index contributed by atoms with van der Waals surface area (Å²) in [6.45, 7) is 5.19. The minimum Gasteiger partial charge on any atom is -0.343 e. The summed E-state index contributed by atoms with van der Waals surface area (Å²) in [5, 5.41) is 3.20. The first kappa shape index (κ1) is 25.3. The third-order valence-electron chi connectivity index (χ3n) is 7.26. The molecule has 1 aromatic heterocycles. The Bertz CT molecular complexity index is 962. The molecule has 34 heavy (non-hydrogen) atoms. The second-order valence-corrected chi connectivity index (χ2v) is 12.8. The van der Waals surface area contributed by atoms with E-state index in [1.165, 1.54) is 16.9 Å². The highest BCUT2D eigenvalue weighted by atomic mass is 32.2. The molecular weight excluding hydrogens is 476 g/mol. The Balaban J connectivity index is 1.45. The number of likely N-dealkylation sites (tertiary alicyclic amines) is 1. The largest absolute Gasteiger partial charge is 0.343 e. The van der Waals surface area contributed by atoms with Gasteiger partial charge in [-0.15, -0.1) is 0 Å². The van der Waals surface area contributed by atoms with Crippen molar-refractivity contribution in [1.82, 2.24) is 24.0 Å². The monoisotopic (exact) mass is 512 g/mol. The van der Waals surface area contributed by atoms with E-state index in [4.69, 9.17) is 0 Å². The van der Waals surface area contributed by atoms with Crippen molar-refractivity contribution in [2.24, 2.45) is 0 Å². The van der Waals surface area contributed by atoms with Crippen molar-refractivity contribution >= 4 is 38.4 Å². The lowest BCUT2D eigenvalue weighted by Gasteiger charge is -2.43. The molecule has 1 N–H and O–H groups in total. The number of thiazole rings is 1. The number of hydrogen-bond acceptors (Lipinski definition) is 7. The zero-order chi connectivity index (χ0) is 24.3. The molecule has 3 aliphatic rings. The van der Waals surface area contributed by atoms with Gasteiger partial charge >= 0.3 is 6.03 Å². The van der Waals surface area contributed by atoms with Gasteiger partial charge in [0.2, 0.25) is 5.91 Å². The molecule has 0 atom stereocenters. The summed E-state index contributed by atoms with van der Waals surface area (Å²) in [5.74, 6) is 0.0731. The number of anilines is 1. The standard InChI is InChI=1S/C22H36N6O4S2/c1-17(29)26-10-8-19(9-11-26)28(18-6-4-3-5-7-18)22(30)24-21-23-16-20(33-21)34(31,32)27-14-12-25(2)13-15-27/h16,18-19H,3-15H2,1-2H3,(H,23,24,30). The Morgan fingerprint density at radius 3 is 2.24 bits per heavy atom. The predicted molar refractivity (Wildman–Crippen MR) is 131 cm³/mol. The lowest BCUT2D eigenvalue weighted by Crippen LogP contribution is -2.54. The number of nitrogens with zero attached hydrogens (tertiary/aromatic N) is 5.